The van der Waals surface area contributed by atoms with Crippen LogP contribution in [0.1, 0.15) is 37.8 Å². The van der Waals surface area contributed by atoms with Crippen molar-refractivity contribution in [3.63, 3.8) is 0 Å². The van der Waals surface area contributed by atoms with Crippen molar-refractivity contribution in [1.82, 2.24) is 19.5 Å². The van der Waals surface area contributed by atoms with E-state index in [9.17, 15) is 36.7 Å². The van der Waals surface area contributed by atoms with E-state index in [4.69, 9.17) is 27.9 Å². The quantitative estimate of drug-likeness (QED) is 0.328. The molecule has 0 radical (unpaired) electrons. The summed E-state index contributed by atoms with van der Waals surface area (Å²) in [6, 6.07) is 5.17. The summed E-state index contributed by atoms with van der Waals surface area (Å²) >= 11 is 12.5. The molecule has 212 valence electrons. The number of aromatic nitrogens is 3. The number of hydrogen-bond donors (Lipinski definition) is 3. The molecule has 2 saturated carbocycles. The molecule has 11 nitrogen and oxygen atoms in total. The number of hydrogen-bond acceptors (Lipinski definition) is 8. The van der Waals surface area contributed by atoms with Crippen molar-refractivity contribution >= 4 is 39.0 Å². The Morgan fingerprint density at radius 2 is 1.77 bits per heavy atom. The molecule has 0 aliphatic heterocycles. The van der Waals surface area contributed by atoms with Crippen LogP contribution in [0.25, 0.3) is 5.69 Å². The van der Waals surface area contributed by atoms with Crippen molar-refractivity contribution in [3.05, 3.63) is 66.9 Å². The summed E-state index contributed by atoms with van der Waals surface area (Å²) in [4.78, 5) is 37.1. The fourth-order valence-corrected chi connectivity index (χ4v) is 6.24. The molecule has 16 heteroatoms. The second kappa shape index (κ2) is 10.6. The van der Waals surface area contributed by atoms with Gasteiger partial charge in [0, 0.05) is 23.9 Å². The Hall–Kier alpha value is -3.33. The second-order valence-electron chi connectivity index (χ2n) is 9.49. The van der Waals surface area contributed by atoms with Crippen LogP contribution in [0.3, 0.4) is 0 Å². The number of sulfonamides is 1. The largest absolute Gasteiger partial charge is 0.507 e. The minimum atomic E-state index is -4.20. The van der Waals surface area contributed by atoms with Crippen molar-refractivity contribution < 1.29 is 31.8 Å². The van der Waals surface area contributed by atoms with E-state index in [1.54, 1.807) is 4.98 Å². The van der Waals surface area contributed by atoms with Crippen molar-refractivity contribution in [2.45, 2.75) is 43.0 Å². The van der Waals surface area contributed by atoms with Crippen LogP contribution in [0.4, 0.5) is 8.78 Å². The van der Waals surface area contributed by atoms with Crippen LogP contribution in [0.15, 0.2) is 44.8 Å². The highest BCUT2D eigenvalue weighted by Crippen LogP contribution is 2.41. The molecule has 2 aliphatic rings. The van der Waals surface area contributed by atoms with Gasteiger partial charge in [-0.2, -0.15) is 9.78 Å². The zero-order valence-corrected chi connectivity index (χ0v) is 22.6. The molecule has 1 aromatic heterocycles. The normalized spacial score (nSPS) is 18.9. The highest BCUT2D eigenvalue weighted by atomic mass is 35.5. The van der Waals surface area contributed by atoms with Gasteiger partial charge in [-0.3, -0.25) is 14.6 Å². The lowest BCUT2D eigenvalue weighted by atomic mass is 9.77. The predicted octanol–water partition coefficient (Wildman–Crippen LogP) is 3.70. The van der Waals surface area contributed by atoms with E-state index >= 15 is 0 Å². The summed E-state index contributed by atoms with van der Waals surface area (Å²) in [6.07, 6.45) is -0.726. The molecular weight excluding hydrogens is 597 g/mol. The second-order valence-corrected chi connectivity index (χ2v) is 12.0. The number of alkyl halides is 2. The molecule has 5 rings (SSSR count). The maximum absolute atomic E-state index is 13.1. The third kappa shape index (κ3) is 5.61. The van der Waals surface area contributed by atoms with Gasteiger partial charge in [-0.1, -0.05) is 23.2 Å². The molecule has 0 saturated heterocycles. The molecular formula is C24H20Cl2F2N4O7S. The molecule has 2 fully saturated rings. The van der Waals surface area contributed by atoms with E-state index in [0.717, 1.165) is 37.1 Å². The van der Waals surface area contributed by atoms with Crippen LogP contribution in [0, 0.1) is 11.8 Å². The molecule has 0 amide bonds. The van der Waals surface area contributed by atoms with Crippen molar-refractivity contribution in [3.8, 4) is 22.9 Å². The number of nitrogens with one attached hydrogen (secondary N) is 2. The van der Waals surface area contributed by atoms with Crippen LogP contribution in [-0.4, -0.2) is 40.1 Å². The van der Waals surface area contributed by atoms with Gasteiger partial charge in [0.15, 0.2) is 11.4 Å². The monoisotopic (exact) mass is 616 g/mol. The maximum Gasteiger partial charge on any atom is 0.349 e. The Balaban J connectivity index is 1.36. The van der Waals surface area contributed by atoms with Crippen molar-refractivity contribution in [2.75, 3.05) is 0 Å². The Labute approximate surface area is 234 Å². The first-order valence-electron chi connectivity index (χ1n) is 11.9. The average molecular weight is 617 g/mol. The highest BCUT2D eigenvalue weighted by Gasteiger charge is 2.42. The summed E-state index contributed by atoms with van der Waals surface area (Å²) in [7, 11) is -4.20. The van der Waals surface area contributed by atoms with Crippen LogP contribution in [0.5, 0.6) is 17.2 Å². The Morgan fingerprint density at radius 1 is 1.12 bits per heavy atom. The summed E-state index contributed by atoms with van der Waals surface area (Å²) < 4.78 is 60.7. The minimum Gasteiger partial charge on any atom is -0.507 e. The topological polar surface area (TPSA) is 160 Å². The Bertz CT molecular complexity index is 1710. The zero-order valence-electron chi connectivity index (χ0n) is 20.2. The van der Waals surface area contributed by atoms with Crippen LogP contribution < -0.4 is 20.7 Å². The van der Waals surface area contributed by atoms with Crippen molar-refractivity contribution in [2.24, 2.45) is 11.8 Å². The molecule has 40 heavy (non-hydrogen) atoms. The van der Waals surface area contributed by atoms with Gasteiger partial charge >= 0.3 is 5.69 Å². The van der Waals surface area contributed by atoms with Gasteiger partial charge in [-0.15, -0.1) is 0 Å². The van der Waals surface area contributed by atoms with E-state index in [-0.39, 0.29) is 44.9 Å². The molecule has 2 aliphatic carbocycles. The van der Waals surface area contributed by atoms with Gasteiger partial charge in [0.05, 0.1) is 15.7 Å². The zero-order chi connectivity index (χ0) is 28.9. The number of phenolic OH excluding ortho intramolecular Hbond substituents is 1. The van der Waals surface area contributed by atoms with Crippen LogP contribution >= 0.6 is 23.2 Å². The number of carbonyl (C=O) groups is 1. The summed E-state index contributed by atoms with van der Waals surface area (Å²) in [5, 5.41) is 13.2. The molecule has 2 aromatic carbocycles. The van der Waals surface area contributed by atoms with Gasteiger partial charge in [-0.05, 0) is 49.9 Å². The van der Waals surface area contributed by atoms with Crippen LogP contribution in [0.2, 0.25) is 10.0 Å². The SMILES string of the molecule is O=C(C1CC1)C1CC(NS(=O)(=O)c2cc(Oc3c(Cl)cc(-n4nc(C(F)F)c(=O)[nH]c4=O)cc3Cl)ccc2O)C1. The van der Waals surface area contributed by atoms with E-state index in [1.807, 2.05) is 0 Å². The lowest BCUT2D eigenvalue weighted by Gasteiger charge is -2.34. The first kappa shape index (κ1) is 28.2. The highest BCUT2D eigenvalue weighted by molar-refractivity contribution is 7.89. The third-order valence-electron chi connectivity index (χ3n) is 6.57. The number of aromatic amines is 1. The Morgan fingerprint density at radius 3 is 2.38 bits per heavy atom. The average Bonchev–Trinajstić information content (AvgIpc) is 3.69. The summed E-state index contributed by atoms with van der Waals surface area (Å²) in [6.45, 7) is 0. The van der Waals surface area contributed by atoms with E-state index in [2.05, 4.69) is 9.82 Å². The number of halogens is 4. The maximum atomic E-state index is 13.1. The fraction of sp³-hybridized carbons (Fsp3) is 0.333. The minimum absolute atomic E-state index is 0.0792. The number of H-pyrrole nitrogens is 1. The standard InChI is InChI=1S/C24H20Cl2F2N4O7S/c25-15-7-13(32-24(36)29-23(35)19(30-32)22(27)28)8-16(26)21(15)39-14-3-4-17(33)18(9-14)40(37,38)31-12-5-11(6-12)20(34)10-1-2-10/h3-4,7-12,22,31,33H,1-2,5-6H2,(H,29,35,36). The predicted molar refractivity (Wildman–Crippen MR) is 138 cm³/mol. The number of phenols is 1. The van der Waals surface area contributed by atoms with E-state index in [0.29, 0.717) is 17.5 Å². The van der Waals surface area contributed by atoms with Gasteiger partial charge in [0.1, 0.15) is 22.2 Å². The lowest BCUT2D eigenvalue weighted by Crippen LogP contribution is -2.46. The molecule has 1 heterocycles. The van der Waals surface area contributed by atoms with Gasteiger partial charge in [0.2, 0.25) is 10.0 Å². The van der Waals surface area contributed by atoms with Crippen molar-refractivity contribution in [1.29, 1.82) is 0 Å². The molecule has 0 bridgehead atoms. The number of rotatable bonds is 9. The Kier molecular flexibility index (Phi) is 7.46. The van der Waals surface area contributed by atoms with E-state index in [1.165, 1.54) is 6.07 Å². The third-order valence-corrected chi connectivity index (χ3v) is 8.68. The first-order chi connectivity index (χ1) is 18.8. The molecule has 3 N–H and O–H groups in total. The number of nitrogens with zero attached hydrogens (tertiary/aromatic N) is 2. The number of aromatic hydroxyl groups is 1. The summed E-state index contributed by atoms with van der Waals surface area (Å²) in [5.41, 5.74) is -3.82. The number of ether oxygens (including phenoxy) is 1. The number of ketones is 1. The van der Waals surface area contributed by atoms with Gasteiger partial charge in [-0.25, -0.2) is 26.7 Å². The summed E-state index contributed by atoms with van der Waals surface area (Å²) in [5.74, 6) is -0.706. The molecule has 3 aromatic rings. The molecule has 0 spiro atoms. The number of benzene rings is 2. The fourth-order valence-electron chi connectivity index (χ4n) is 4.32. The first-order valence-corrected chi connectivity index (χ1v) is 14.2. The van der Waals surface area contributed by atoms with Gasteiger partial charge < -0.3 is 9.84 Å². The molecule has 0 unspecified atom stereocenters. The smallest absolute Gasteiger partial charge is 0.349 e. The van der Waals surface area contributed by atoms with Crippen LogP contribution in [-0.2, 0) is 14.8 Å². The molecule has 0 atom stereocenters. The lowest BCUT2D eigenvalue weighted by molar-refractivity contribution is -0.127. The van der Waals surface area contributed by atoms with E-state index < -0.39 is 50.1 Å². The van der Waals surface area contributed by atoms with Gasteiger partial charge in [0.25, 0.3) is 12.0 Å². The number of carbonyl (C=O) groups excluding carboxylic acids is 1. The number of Topliss-reactive ketones (excluding diaryl/α,β-unsaturated/α-hetero) is 1.